The maximum absolute atomic E-state index is 11.6. The van der Waals surface area contributed by atoms with Crippen LogP contribution in [-0.2, 0) is 14.3 Å². The molecule has 0 unspecified atom stereocenters. The van der Waals surface area contributed by atoms with Gasteiger partial charge in [-0.15, -0.1) is 0 Å². The lowest BCUT2D eigenvalue weighted by atomic mass is 9.82. The first-order valence-electron chi connectivity index (χ1n) is 11.1. The van der Waals surface area contributed by atoms with Crippen LogP contribution in [0, 0.1) is 5.41 Å². The van der Waals surface area contributed by atoms with E-state index in [0.717, 1.165) is 73.3 Å². The smallest absolute Gasteiger partial charge is 0.140 e. The van der Waals surface area contributed by atoms with E-state index in [1.54, 1.807) is 0 Å². The molecule has 31 heavy (non-hydrogen) atoms. The average molecular weight is 421 g/mol. The Kier molecular flexibility index (Phi) is 5.70. The third-order valence-electron chi connectivity index (χ3n) is 6.52. The summed E-state index contributed by atoms with van der Waals surface area (Å²) in [7, 11) is 0. The molecule has 7 nitrogen and oxygen atoms in total. The van der Waals surface area contributed by atoms with Crippen molar-refractivity contribution in [2.45, 2.75) is 31.8 Å². The van der Waals surface area contributed by atoms with Gasteiger partial charge in [0.2, 0.25) is 0 Å². The highest BCUT2D eigenvalue weighted by atomic mass is 16.5. The van der Waals surface area contributed by atoms with Gasteiger partial charge >= 0.3 is 0 Å². The van der Waals surface area contributed by atoms with Crippen molar-refractivity contribution in [1.82, 2.24) is 15.0 Å². The molecular weight excluding hydrogens is 392 g/mol. The lowest BCUT2D eigenvalue weighted by Crippen LogP contribution is -2.41. The Morgan fingerprint density at radius 3 is 2.68 bits per heavy atom. The van der Waals surface area contributed by atoms with E-state index in [9.17, 15) is 4.79 Å². The molecule has 0 saturated carbocycles. The Morgan fingerprint density at radius 2 is 1.97 bits per heavy atom. The van der Waals surface area contributed by atoms with E-state index in [2.05, 4.69) is 32.0 Å². The second-order valence-corrected chi connectivity index (χ2v) is 8.60. The number of aldehydes is 1. The summed E-state index contributed by atoms with van der Waals surface area (Å²) in [5.74, 6) is 1.82. The van der Waals surface area contributed by atoms with Crippen LogP contribution in [0.15, 0.2) is 42.6 Å². The fourth-order valence-corrected chi connectivity index (χ4v) is 4.41. The van der Waals surface area contributed by atoms with E-state index in [-0.39, 0.29) is 11.5 Å². The van der Waals surface area contributed by atoms with Crippen LogP contribution in [0.1, 0.15) is 25.7 Å². The van der Waals surface area contributed by atoms with Crippen molar-refractivity contribution in [3.05, 3.63) is 42.6 Å². The Bertz CT molecular complexity index is 986. The highest BCUT2D eigenvalue weighted by Gasteiger charge is 2.34. The fraction of sp³-hybridized carbons (Fsp3) is 0.458. The summed E-state index contributed by atoms with van der Waals surface area (Å²) in [6, 6.07) is 12.2. The molecule has 2 aliphatic rings. The number of hydrogen-bond acceptors (Lipinski definition) is 6. The SMILES string of the molecule is O=CC1(COC2CCN(c3ccc(-c4nc5ccccc5[nH]4)cn3)CC2)CCOCC1. The van der Waals surface area contributed by atoms with Crippen LogP contribution in [0.25, 0.3) is 22.4 Å². The van der Waals surface area contributed by atoms with Gasteiger partial charge < -0.3 is 24.2 Å². The van der Waals surface area contributed by atoms with Gasteiger partial charge in [0.25, 0.3) is 0 Å². The van der Waals surface area contributed by atoms with Gasteiger partial charge in [-0.05, 0) is 49.9 Å². The molecule has 0 aliphatic carbocycles. The van der Waals surface area contributed by atoms with E-state index in [0.29, 0.717) is 19.8 Å². The van der Waals surface area contributed by atoms with Gasteiger partial charge in [-0.3, -0.25) is 0 Å². The number of benzene rings is 1. The molecule has 0 radical (unpaired) electrons. The highest BCUT2D eigenvalue weighted by Crippen LogP contribution is 2.30. The average Bonchev–Trinajstić information content (AvgIpc) is 3.28. The largest absolute Gasteiger partial charge is 0.381 e. The van der Waals surface area contributed by atoms with Gasteiger partial charge in [-0.1, -0.05) is 12.1 Å². The number of hydrogen-bond donors (Lipinski definition) is 1. The zero-order valence-electron chi connectivity index (χ0n) is 17.6. The summed E-state index contributed by atoms with van der Waals surface area (Å²) in [4.78, 5) is 26.6. The molecule has 0 amide bonds. The van der Waals surface area contributed by atoms with E-state index < -0.39 is 0 Å². The number of nitrogens with one attached hydrogen (secondary N) is 1. The van der Waals surface area contributed by atoms with Crippen molar-refractivity contribution in [2.75, 3.05) is 37.8 Å². The minimum atomic E-state index is -0.358. The fourth-order valence-electron chi connectivity index (χ4n) is 4.41. The molecule has 0 atom stereocenters. The maximum atomic E-state index is 11.6. The third-order valence-corrected chi connectivity index (χ3v) is 6.52. The second kappa shape index (κ2) is 8.77. The number of imidazole rings is 1. The summed E-state index contributed by atoms with van der Waals surface area (Å²) >= 11 is 0. The van der Waals surface area contributed by atoms with Gasteiger partial charge in [-0.25, -0.2) is 9.97 Å². The summed E-state index contributed by atoms with van der Waals surface area (Å²) in [5, 5.41) is 0. The first kappa shape index (κ1) is 20.2. The van der Waals surface area contributed by atoms with Crippen LogP contribution >= 0.6 is 0 Å². The van der Waals surface area contributed by atoms with E-state index >= 15 is 0 Å². The number of aromatic nitrogens is 3. The monoisotopic (exact) mass is 420 g/mol. The number of ether oxygens (including phenoxy) is 2. The summed E-state index contributed by atoms with van der Waals surface area (Å²) < 4.78 is 11.6. The molecule has 1 N–H and O–H groups in total. The lowest BCUT2D eigenvalue weighted by molar-refractivity contribution is -0.130. The van der Waals surface area contributed by atoms with Crippen molar-refractivity contribution in [3.63, 3.8) is 0 Å². The number of nitrogens with zero attached hydrogens (tertiary/aromatic N) is 3. The predicted octanol–water partition coefficient (Wildman–Crippen LogP) is 3.61. The van der Waals surface area contributed by atoms with Crippen molar-refractivity contribution < 1.29 is 14.3 Å². The molecule has 2 fully saturated rings. The van der Waals surface area contributed by atoms with Crippen molar-refractivity contribution in [2.24, 2.45) is 5.41 Å². The second-order valence-electron chi connectivity index (χ2n) is 8.60. The summed E-state index contributed by atoms with van der Waals surface area (Å²) in [6.45, 7) is 3.61. The van der Waals surface area contributed by atoms with E-state index in [1.807, 2.05) is 30.5 Å². The van der Waals surface area contributed by atoms with Gasteiger partial charge in [0, 0.05) is 38.1 Å². The molecule has 7 heteroatoms. The van der Waals surface area contributed by atoms with Crippen LogP contribution in [0.5, 0.6) is 0 Å². The van der Waals surface area contributed by atoms with Crippen LogP contribution in [0.2, 0.25) is 0 Å². The quantitative estimate of drug-likeness (QED) is 0.614. The number of carbonyl (C=O) groups is 1. The summed E-state index contributed by atoms with van der Waals surface area (Å²) in [6.07, 6.45) is 6.57. The van der Waals surface area contributed by atoms with Crippen molar-refractivity contribution in [1.29, 1.82) is 0 Å². The third kappa shape index (κ3) is 4.34. The van der Waals surface area contributed by atoms with E-state index in [4.69, 9.17) is 9.47 Å². The zero-order chi connectivity index (χ0) is 21.1. The topological polar surface area (TPSA) is 80.3 Å². The minimum absolute atomic E-state index is 0.200. The van der Waals surface area contributed by atoms with Crippen LogP contribution < -0.4 is 4.90 Å². The van der Waals surface area contributed by atoms with Crippen molar-refractivity contribution in [3.8, 4) is 11.4 Å². The standard InChI is InChI=1S/C24H28N4O3/c29-16-24(9-13-30-14-10-24)17-31-19-7-11-28(12-8-19)22-6-5-18(15-25-22)23-26-20-3-1-2-4-21(20)27-23/h1-6,15-16,19H,7-14,17H2,(H,26,27). The van der Waals surface area contributed by atoms with Gasteiger partial charge in [0.1, 0.15) is 17.9 Å². The maximum Gasteiger partial charge on any atom is 0.140 e. The lowest BCUT2D eigenvalue weighted by Gasteiger charge is -2.36. The molecule has 0 spiro atoms. The molecule has 2 aliphatic heterocycles. The van der Waals surface area contributed by atoms with Crippen LogP contribution in [0.3, 0.4) is 0 Å². The van der Waals surface area contributed by atoms with Crippen LogP contribution in [-0.4, -0.2) is 60.3 Å². The normalized spacial score (nSPS) is 19.5. The van der Waals surface area contributed by atoms with Gasteiger partial charge in [-0.2, -0.15) is 0 Å². The van der Waals surface area contributed by atoms with Gasteiger partial charge in [0.15, 0.2) is 0 Å². The number of carbonyl (C=O) groups excluding carboxylic acids is 1. The molecule has 2 saturated heterocycles. The Labute approximate surface area is 181 Å². The Morgan fingerprint density at radius 1 is 1.16 bits per heavy atom. The van der Waals surface area contributed by atoms with Crippen molar-refractivity contribution >= 4 is 23.1 Å². The minimum Gasteiger partial charge on any atom is -0.381 e. The van der Waals surface area contributed by atoms with Gasteiger partial charge in [0.05, 0.1) is 29.2 Å². The highest BCUT2D eigenvalue weighted by molar-refractivity contribution is 5.79. The number of aromatic amines is 1. The molecule has 4 heterocycles. The first-order chi connectivity index (χ1) is 15.2. The number of anilines is 1. The Hall–Kier alpha value is -2.77. The first-order valence-corrected chi connectivity index (χ1v) is 11.1. The molecule has 2 aromatic heterocycles. The number of pyridine rings is 1. The molecule has 0 bridgehead atoms. The number of piperidine rings is 1. The number of H-pyrrole nitrogens is 1. The molecular formula is C24H28N4O3. The van der Waals surface area contributed by atoms with E-state index in [1.165, 1.54) is 0 Å². The number of fused-ring (bicyclic) bond motifs is 1. The molecule has 162 valence electrons. The summed E-state index contributed by atoms with van der Waals surface area (Å²) in [5.41, 5.74) is 2.61. The zero-order valence-corrected chi connectivity index (χ0v) is 17.6. The molecule has 5 rings (SSSR count). The molecule has 1 aromatic carbocycles. The number of para-hydroxylation sites is 2. The predicted molar refractivity (Wildman–Crippen MR) is 119 cm³/mol. The number of rotatable bonds is 6. The Balaban J connectivity index is 1.16. The van der Waals surface area contributed by atoms with Crippen LogP contribution in [0.4, 0.5) is 5.82 Å². The molecule has 3 aromatic rings.